The maximum absolute atomic E-state index is 3.30. The summed E-state index contributed by atoms with van der Waals surface area (Å²) >= 11 is 0. The van der Waals surface area contributed by atoms with Crippen LogP contribution in [0.5, 0.6) is 0 Å². The molecule has 1 aliphatic heterocycles. The fraction of sp³-hybridized carbons (Fsp3) is 1.00. The van der Waals surface area contributed by atoms with E-state index in [2.05, 4.69) is 5.32 Å². The minimum Gasteiger partial charge on any atom is -0.316 e. The van der Waals surface area contributed by atoms with Gasteiger partial charge in [0.05, 0.1) is 0 Å². The summed E-state index contributed by atoms with van der Waals surface area (Å²) in [4.78, 5) is 0. The molecule has 1 saturated heterocycles. The second-order valence-corrected chi connectivity index (χ2v) is 2.96. The Morgan fingerprint density at radius 2 is 1.75 bits per heavy atom. The minimum absolute atomic E-state index is 0. The van der Waals surface area contributed by atoms with Gasteiger partial charge in [-0.15, -0.1) is 0 Å². The van der Waals surface area contributed by atoms with E-state index >= 15 is 0 Å². The molecule has 0 aromatic heterocycles. The van der Waals surface area contributed by atoms with Gasteiger partial charge in [0.25, 0.3) is 0 Å². The Hall–Kier alpha value is 0.648. The van der Waals surface area contributed by atoms with Crippen LogP contribution < -0.4 is 5.32 Å². The van der Waals surface area contributed by atoms with Crippen LogP contribution in [0.2, 0.25) is 0 Å². The van der Waals surface area contributed by atoms with E-state index in [0.29, 0.717) is 0 Å². The van der Waals surface area contributed by atoms with Crippen LogP contribution in [-0.4, -0.2) is 13.1 Å². The van der Waals surface area contributed by atoms with Crippen LogP contribution in [0.15, 0.2) is 0 Å². The second-order valence-electron chi connectivity index (χ2n) is 2.96. The van der Waals surface area contributed by atoms with Crippen LogP contribution in [0.4, 0.5) is 0 Å². The van der Waals surface area contributed by atoms with Crippen LogP contribution in [-0.2, 0) is 21.1 Å². The topological polar surface area (TPSA) is 12.0 Å². The van der Waals surface area contributed by atoms with Crippen LogP contribution in [0.25, 0.3) is 0 Å². The molecule has 2 aliphatic rings. The van der Waals surface area contributed by atoms with Gasteiger partial charge in [-0.1, -0.05) is 6.42 Å². The first kappa shape index (κ1) is 6.76. The third-order valence-corrected chi connectivity index (χ3v) is 2.41. The summed E-state index contributed by atoms with van der Waals surface area (Å²) in [6.45, 7) is 2.62. The van der Waals surface area contributed by atoms with Crippen LogP contribution >= 0.6 is 0 Å². The van der Waals surface area contributed by atoms with Gasteiger partial charge in [-0.05, 0) is 18.3 Å². The zero-order chi connectivity index (χ0) is 4.74. The molecule has 0 radical (unpaired) electrons. The molecule has 0 atom stereocenters. The summed E-state index contributed by atoms with van der Waals surface area (Å²) < 4.78 is 0. The zero-order valence-electron chi connectivity index (χ0n) is 4.94. The molecule has 2 rings (SSSR count). The van der Waals surface area contributed by atoms with E-state index in [1.165, 1.54) is 32.4 Å². The van der Waals surface area contributed by atoms with Crippen LogP contribution in [0.1, 0.15) is 19.3 Å². The molecule has 1 N–H and O–H groups in total. The molecule has 1 spiro atoms. The summed E-state index contributed by atoms with van der Waals surface area (Å²) in [5, 5.41) is 3.30. The predicted octanol–water partition coefficient (Wildman–Crippen LogP) is 0.757. The van der Waals surface area contributed by atoms with Gasteiger partial charge in [0.2, 0.25) is 0 Å². The Bertz CT molecular complexity index is 69.0. The average Bonchev–Trinajstić information content (AvgIpc) is 1.20. The molecule has 2 fully saturated rings. The van der Waals surface area contributed by atoms with E-state index in [1.54, 1.807) is 0 Å². The average molecular weight is 281 g/mol. The molecule has 1 heterocycles. The Balaban J connectivity index is 0.000000320. The van der Waals surface area contributed by atoms with Crippen molar-refractivity contribution in [1.82, 2.24) is 5.32 Å². The number of rotatable bonds is 0. The van der Waals surface area contributed by atoms with Gasteiger partial charge in [-0.3, -0.25) is 0 Å². The molecular weight excluding hydrogens is 270 g/mol. The molecular formula is C6H11NW. The number of hydrogen-bond donors (Lipinski definition) is 1. The predicted molar refractivity (Wildman–Crippen MR) is 29.2 cm³/mol. The molecule has 0 aromatic rings. The van der Waals surface area contributed by atoms with E-state index in [1.807, 2.05) is 0 Å². The zero-order valence-corrected chi connectivity index (χ0v) is 7.88. The van der Waals surface area contributed by atoms with E-state index in [4.69, 9.17) is 0 Å². The Labute approximate surface area is 64.5 Å². The van der Waals surface area contributed by atoms with Crippen molar-refractivity contribution in [2.45, 2.75) is 19.3 Å². The van der Waals surface area contributed by atoms with Gasteiger partial charge in [0.15, 0.2) is 0 Å². The monoisotopic (exact) mass is 281 g/mol. The summed E-state index contributed by atoms with van der Waals surface area (Å²) in [5.41, 5.74) is 0.833. The summed E-state index contributed by atoms with van der Waals surface area (Å²) in [5.74, 6) is 0. The van der Waals surface area contributed by atoms with Crippen molar-refractivity contribution in [2.24, 2.45) is 5.41 Å². The van der Waals surface area contributed by atoms with Crippen molar-refractivity contribution in [1.29, 1.82) is 0 Å². The fourth-order valence-corrected chi connectivity index (χ4v) is 1.51. The van der Waals surface area contributed by atoms with Crippen molar-refractivity contribution in [2.75, 3.05) is 13.1 Å². The Morgan fingerprint density at radius 1 is 1.12 bits per heavy atom. The molecule has 2 heteroatoms. The minimum atomic E-state index is 0. The summed E-state index contributed by atoms with van der Waals surface area (Å²) in [7, 11) is 0. The van der Waals surface area contributed by atoms with Crippen molar-refractivity contribution in [3.05, 3.63) is 0 Å². The van der Waals surface area contributed by atoms with E-state index in [-0.39, 0.29) is 21.1 Å². The Morgan fingerprint density at radius 3 is 1.75 bits per heavy atom. The first-order valence-corrected chi connectivity index (χ1v) is 3.12. The largest absolute Gasteiger partial charge is 0.316 e. The molecule has 1 aliphatic carbocycles. The first-order valence-electron chi connectivity index (χ1n) is 3.12. The molecule has 0 bridgehead atoms. The van der Waals surface area contributed by atoms with Gasteiger partial charge < -0.3 is 5.32 Å². The third-order valence-electron chi connectivity index (χ3n) is 2.41. The van der Waals surface area contributed by atoms with Crippen molar-refractivity contribution >= 4 is 0 Å². The Kier molecular flexibility index (Phi) is 1.79. The van der Waals surface area contributed by atoms with Gasteiger partial charge in [0, 0.05) is 34.2 Å². The van der Waals surface area contributed by atoms with Gasteiger partial charge in [0.1, 0.15) is 0 Å². The van der Waals surface area contributed by atoms with E-state index < -0.39 is 0 Å². The molecule has 46 valence electrons. The van der Waals surface area contributed by atoms with Crippen molar-refractivity contribution < 1.29 is 21.1 Å². The quantitative estimate of drug-likeness (QED) is 0.691. The first-order chi connectivity index (χ1) is 3.41. The SMILES string of the molecule is C1CC2(C1)CNC2.[W]. The van der Waals surface area contributed by atoms with Crippen LogP contribution in [0.3, 0.4) is 0 Å². The fourth-order valence-electron chi connectivity index (χ4n) is 1.51. The second kappa shape index (κ2) is 2.11. The standard InChI is InChI=1S/C6H11N.W/c1-2-6(3-1)4-7-5-6;/h7H,1-5H2;. The van der Waals surface area contributed by atoms with Gasteiger partial charge in [-0.25, -0.2) is 0 Å². The van der Waals surface area contributed by atoms with Gasteiger partial charge >= 0.3 is 0 Å². The van der Waals surface area contributed by atoms with E-state index in [0.717, 1.165) is 5.41 Å². The van der Waals surface area contributed by atoms with E-state index in [9.17, 15) is 0 Å². The molecule has 0 aromatic carbocycles. The molecule has 0 unspecified atom stereocenters. The molecule has 8 heavy (non-hydrogen) atoms. The number of hydrogen-bond acceptors (Lipinski definition) is 1. The molecule has 0 amide bonds. The smallest absolute Gasteiger partial charge is 0.00202 e. The summed E-state index contributed by atoms with van der Waals surface area (Å²) in [6, 6.07) is 0. The summed E-state index contributed by atoms with van der Waals surface area (Å²) in [6.07, 6.45) is 4.49. The third kappa shape index (κ3) is 0.765. The molecule has 1 saturated carbocycles. The number of nitrogens with one attached hydrogen (secondary N) is 1. The normalized spacial score (nSPS) is 30.0. The maximum atomic E-state index is 3.30. The molecule has 1 nitrogen and oxygen atoms in total. The van der Waals surface area contributed by atoms with Crippen molar-refractivity contribution in [3.8, 4) is 0 Å². The van der Waals surface area contributed by atoms with Gasteiger partial charge in [-0.2, -0.15) is 0 Å². The maximum Gasteiger partial charge on any atom is 0.00202 e. The van der Waals surface area contributed by atoms with Crippen LogP contribution in [0, 0.1) is 5.41 Å². The van der Waals surface area contributed by atoms with Crippen molar-refractivity contribution in [3.63, 3.8) is 0 Å².